The molecule has 0 aromatic carbocycles. The second kappa shape index (κ2) is 4.43. The van der Waals surface area contributed by atoms with Crippen LogP contribution in [0.4, 0.5) is 0 Å². The van der Waals surface area contributed by atoms with Gasteiger partial charge < -0.3 is 0 Å². The Balaban J connectivity index is 1.82. The van der Waals surface area contributed by atoms with E-state index < -0.39 is 0 Å². The third kappa shape index (κ3) is 1.67. The number of carbonyl (C=O) groups is 2. The number of hydrogen-bond acceptors (Lipinski definition) is 2. The van der Waals surface area contributed by atoms with Crippen molar-refractivity contribution in [2.75, 3.05) is 0 Å². The highest BCUT2D eigenvalue weighted by Gasteiger charge is 2.57. The molecule has 4 aliphatic carbocycles. The van der Waals surface area contributed by atoms with E-state index in [-0.39, 0.29) is 10.8 Å². The van der Waals surface area contributed by atoms with E-state index in [1.165, 1.54) is 5.57 Å². The molecule has 118 valence electrons. The monoisotopic (exact) mass is 298 g/mol. The van der Waals surface area contributed by atoms with Gasteiger partial charge in [0.15, 0.2) is 5.78 Å². The molecule has 0 saturated heterocycles. The largest absolute Gasteiger partial charge is 0.299 e. The Morgan fingerprint density at radius 2 is 1.73 bits per heavy atom. The summed E-state index contributed by atoms with van der Waals surface area (Å²) in [5, 5.41) is 0. The minimum absolute atomic E-state index is 0.107. The highest BCUT2D eigenvalue weighted by Crippen LogP contribution is 2.63. The van der Waals surface area contributed by atoms with Gasteiger partial charge in [-0.2, -0.15) is 0 Å². The molecule has 0 bridgehead atoms. The fourth-order valence-electron chi connectivity index (χ4n) is 6.04. The number of rotatable bonds is 0. The van der Waals surface area contributed by atoms with Gasteiger partial charge in [-0.1, -0.05) is 38.0 Å². The van der Waals surface area contributed by atoms with Crippen LogP contribution in [0.2, 0.25) is 0 Å². The van der Waals surface area contributed by atoms with Gasteiger partial charge in [-0.05, 0) is 54.9 Å². The number of carbonyl (C=O) groups excluding carboxylic acids is 2. The van der Waals surface area contributed by atoms with Gasteiger partial charge in [-0.3, -0.25) is 9.59 Å². The maximum absolute atomic E-state index is 12.4. The molecule has 4 aliphatic rings. The van der Waals surface area contributed by atoms with Crippen molar-refractivity contribution in [1.82, 2.24) is 0 Å². The number of allylic oxidation sites excluding steroid dienone is 4. The maximum atomic E-state index is 12.4. The van der Waals surface area contributed by atoms with E-state index in [0.29, 0.717) is 35.7 Å². The molecule has 0 radical (unpaired) electrons. The van der Waals surface area contributed by atoms with Crippen molar-refractivity contribution in [3.8, 4) is 0 Å². The molecule has 4 rings (SSSR count). The Morgan fingerprint density at radius 1 is 1.00 bits per heavy atom. The van der Waals surface area contributed by atoms with E-state index in [1.807, 2.05) is 6.08 Å². The summed E-state index contributed by atoms with van der Waals surface area (Å²) in [5.41, 5.74) is 2.95. The molecule has 22 heavy (non-hydrogen) atoms. The molecular formula is C20H26O2. The van der Waals surface area contributed by atoms with E-state index in [9.17, 15) is 9.59 Å². The van der Waals surface area contributed by atoms with Crippen LogP contribution in [0.15, 0.2) is 23.3 Å². The van der Waals surface area contributed by atoms with Crippen LogP contribution in [0.3, 0.4) is 0 Å². The van der Waals surface area contributed by atoms with Gasteiger partial charge in [0, 0.05) is 18.3 Å². The van der Waals surface area contributed by atoms with Crippen molar-refractivity contribution in [2.24, 2.45) is 28.6 Å². The van der Waals surface area contributed by atoms with Crippen molar-refractivity contribution in [3.05, 3.63) is 23.3 Å². The van der Waals surface area contributed by atoms with Crippen molar-refractivity contribution in [2.45, 2.75) is 59.3 Å². The van der Waals surface area contributed by atoms with Gasteiger partial charge in [0.2, 0.25) is 0 Å². The Hall–Kier alpha value is -1.18. The highest BCUT2D eigenvalue weighted by atomic mass is 16.1. The Morgan fingerprint density at radius 3 is 2.50 bits per heavy atom. The van der Waals surface area contributed by atoms with Crippen LogP contribution in [0.5, 0.6) is 0 Å². The molecule has 0 aromatic heterocycles. The second-order valence-electron chi connectivity index (χ2n) is 8.46. The number of ketones is 2. The van der Waals surface area contributed by atoms with Crippen LogP contribution in [-0.4, -0.2) is 11.6 Å². The lowest BCUT2D eigenvalue weighted by molar-refractivity contribution is -0.127. The molecule has 2 nitrogen and oxygen atoms in total. The average Bonchev–Trinajstić information content (AvgIpc) is 2.77. The quantitative estimate of drug-likeness (QED) is 0.626. The van der Waals surface area contributed by atoms with Crippen molar-refractivity contribution < 1.29 is 9.59 Å². The molecule has 2 saturated carbocycles. The number of Topliss-reactive ketones (excluding diaryl/α,β-unsaturated/α-hetero) is 1. The minimum Gasteiger partial charge on any atom is -0.299 e. The summed E-state index contributed by atoms with van der Waals surface area (Å²) in [6.45, 7) is 6.81. The molecule has 1 unspecified atom stereocenters. The lowest BCUT2D eigenvalue weighted by Crippen LogP contribution is -2.47. The van der Waals surface area contributed by atoms with Crippen molar-refractivity contribution in [3.63, 3.8) is 0 Å². The highest BCUT2D eigenvalue weighted by molar-refractivity contribution is 5.92. The molecule has 5 atom stereocenters. The zero-order valence-corrected chi connectivity index (χ0v) is 13.9. The fourth-order valence-corrected chi connectivity index (χ4v) is 6.04. The molecule has 0 spiro atoms. The summed E-state index contributed by atoms with van der Waals surface area (Å²) < 4.78 is 0. The summed E-state index contributed by atoms with van der Waals surface area (Å²) in [5.74, 6) is 2.13. The first-order valence-corrected chi connectivity index (χ1v) is 8.86. The van der Waals surface area contributed by atoms with Gasteiger partial charge in [-0.15, -0.1) is 0 Å². The molecule has 0 amide bonds. The topological polar surface area (TPSA) is 34.1 Å². The van der Waals surface area contributed by atoms with Crippen LogP contribution in [0, 0.1) is 28.6 Å². The van der Waals surface area contributed by atoms with E-state index in [1.54, 1.807) is 5.57 Å². The van der Waals surface area contributed by atoms with Crippen LogP contribution in [0.25, 0.3) is 0 Å². The molecule has 2 heteroatoms. The van der Waals surface area contributed by atoms with Crippen molar-refractivity contribution >= 4 is 11.6 Å². The Labute approximate surface area is 133 Å². The zero-order chi connectivity index (χ0) is 15.7. The minimum atomic E-state index is -0.107. The molecule has 0 heterocycles. The first-order chi connectivity index (χ1) is 10.4. The van der Waals surface area contributed by atoms with Crippen LogP contribution >= 0.6 is 0 Å². The smallest absolute Gasteiger partial charge is 0.155 e. The summed E-state index contributed by atoms with van der Waals surface area (Å²) >= 11 is 0. The van der Waals surface area contributed by atoms with Crippen LogP contribution in [-0.2, 0) is 9.59 Å². The van der Waals surface area contributed by atoms with Gasteiger partial charge in [0.05, 0.1) is 0 Å². The number of fused-ring (bicyclic) bond motifs is 5. The number of hydrogen-bond donors (Lipinski definition) is 0. The van der Waals surface area contributed by atoms with Gasteiger partial charge >= 0.3 is 0 Å². The van der Waals surface area contributed by atoms with Gasteiger partial charge in [-0.25, -0.2) is 0 Å². The first kappa shape index (κ1) is 14.4. The van der Waals surface area contributed by atoms with Gasteiger partial charge in [0.1, 0.15) is 5.78 Å². The second-order valence-corrected chi connectivity index (χ2v) is 8.46. The van der Waals surface area contributed by atoms with E-state index >= 15 is 0 Å². The van der Waals surface area contributed by atoms with Crippen molar-refractivity contribution in [1.29, 1.82) is 0 Å². The fraction of sp³-hybridized carbons (Fsp3) is 0.700. The Bertz CT molecular complexity index is 626. The van der Waals surface area contributed by atoms with Crippen LogP contribution in [0.1, 0.15) is 59.3 Å². The van der Waals surface area contributed by atoms with E-state index in [4.69, 9.17) is 0 Å². The lowest BCUT2D eigenvalue weighted by atomic mass is 9.50. The molecule has 2 fully saturated rings. The SMILES string of the molecule is CC1C=C2[C@H](CC[C@]3(C)C(=O)CC[C@@H]23)[C@@]2(C)CCC(=O)C=C12. The molecule has 0 aliphatic heterocycles. The van der Waals surface area contributed by atoms with E-state index in [2.05, 4.69) is 26.8 Å². The summed E-state index contributed by atoms with van der Waals surface area (Å²) in [6.07, 6.45) is 9.98. The Kier molecular flexibility index (Phi) is 2.90. The average molecular weight is 298 g/mol. The zero-order valence-electron chi connectivity index (χ0n) is 13.9. The predicted octanol–water partition coefficient (Wildman–Crippen LogP) is 4.25. The lowest BCUT2D eigenvalue weighted by Gasteiger charge is -2.54. The molecule has 0 N–H and O–H groups in total. The molecule has 0 aromatic rings. The standard InChI is InChI=1S/C20H26O2/c1-12-10-14-15-4-5-18(22)20(15,3)9-7-16(14)19(2)8-6-13(21)11-17(12)19/h10-12,15-16H,4-9H2,1-3H3/t12?,15-,16-,19+,20-/m0/s1. The van der Waals surface area contributed by atoms with E-state index in [0.717, 1.165) is 32.1 Å². The first-order valence-electron chi connectivity index (χ1n) is 8.86. The predicted molar refractivity (Wildman–Crippen MR) is 86.2 cm³/mol. The summed E-state index contributed by atoms with van der Waals surface area (Å²) in [6, 6.07) is 0. The summed E-state index contributed by atoms with van der Waals surface area (Å²) in [4.78, 5) is 24.3. The maximum Gasteiger partial charge on any atom is 0.155 e. The summed E-state index contributed by atoms with van der Waals surface area (Å²) in [7, 11) is 0. The third-order valence-corrected chi connectivity index (χ3v) is 7.39. The normalized spacial score (nSPS) is 47.3. The molecular weight excluding hydrogens is 272 g/mol. The third-order valence-electron chi connectivity index (χ3n) is 7.39. The van der Waals surface area contributed by atoms with Crippen LogP contribution < -0.4 is 0 Å². The van der Waals surface area contributed by atoms with Gasteiger partial charge in [0.25, 0.3) is 0 Å².